The molecule has 0 atom stereocenters. The zero-order valence-corrected chi connectivity index (χ0v) is 9.56. The number of nitrogens with one attached hydrogen (secondary N) is 1. The zero-order valence-electron chi connectivity index (χ0n) is 9.56. The smallest absolute Gasteiger partial charge is 0.0823 e. The van der Waals surface area contributed by atoms with Crippen LogP contribution < -0.4 is 5.32 Å². The number of hydrogen-bond acceptors (Lipinski definition) is 2. The quantitative estimate of drug-likeness (QED) is 0.576. The summed E-state index contributed by atoms with van der Waals surface area (Å²) >= 11 is 0. The molecule has 2 nitrogen and oxygen atoms in total. The molecule has 1 heterocycles. The molecule has 1 saturated heterocycles. The molecule has 14 heavy (non-hydrogen) atoms. The van der Waals surface area contributed by atoms with Crippen LogP contribution in [0.25, 0.3) is 0 Å². The first-order chi connectivity index (χ1) is 6.93. The van der Waals surface area contributed by atoms with Crippen LogP contribution in [0.4, 0.5) is 0 Å². The van der Waals surface area contributed by atoms with Gasteiger partial charge >= 0.3 is 0 Å². The van der Waals surface area contributed by atoms with Gasteiger partial charge in [0.05, 0.1) is 6.10 Å². The summed E-state index contributed by atoms with van der Waals surface area (Å²) in [7, 11) is 0. The van der Waals surface area contributed by atoms with Gasteiger partial charge in [-0.1, -0.05) is 45.4 Å². The van der Waals surface area contributed by atoms with E-state index >= 15 is 0 Å². The first-order valence-corrected chi connectivity index (χ1v) is 6.26. The third-order valence-electron chi connectivity index (χ3n) is 2.85. The topological polar surface area (TPSA) is 21.3 Å². The van der Waals surface area contributed by atoms with Crippen LogP contribution in [0.5, 0.6) is 0 Å². The van der Waals surface area contributed by atoms with E-state index in [1.54, 1.807) is 0 Å². The van der Waals surface area contributed by atoms with Crippen LogP contribution in [-0.2, 0) is 4.74 Å². The Labute approximate surface area is 88.4 Å². The summed E-state index contributed by atoms with van der Waals surface area (Å²) in [6, 6.07) is 0. The van der Waals surface area contributed by atoms with E-state index in [1.807, 2.05) is 0 Å². The fourth-order valence-electron chi connectivity index (χ4n) is 1.69. The second-order valence-electron chi connectivity index (χ2n) is 4.27. The average molecular weight is 199 g/mol. The van der Waals surface area contributed by atoms with Gasteiger partial charge in [0.25, 0.3) is 0 Å². The molecule has 0 unspecified atom stereocenters. The predicted molar refractivity (Wildman–Crippen MR) is 60.6 cm³/mol. The maximum absolute atomic E-state index is 5.64. The lowest BCUT2D eigenvalue weighted by molar-refractivity contribution is 0.0169. The Morgan fingerprint density at radius 3 is 2.21 bits per heavy atom. The van der Waals surface area contributed by atoms with Crippen LogP contribution in [0, 0.1) is 0 Å². The Morgan fingerprint density at radius 2 is 1.64 bits per heavy atom. The fourth-order valence-corrected chi connectivity index (χ4v) is 1.69. The van der Waals surface area contributed by atoms with E-state index in [9.17, 15) is 0 Å². The molecule has 0 bridgehead atoms. The van der Waals surface area contributed by atoms with Crippen molar-refractivity contribution in [3.05, 3.63) is 0 Å². The van der Waals surface area contributed by atoms with E-state index in [2.05, 4.69) is 12.2 Å². The van der Waals surface area contributed by atoms with Crippen LogP contribution in [-0.4, -0.2) is 25.8 Å². The predicted octanol–water partition coefficient (Wildman–Crippen LogP) is 2.73. The maximum Gasteiger partial charge on any atom is 0.0823 e. The lowest BCUT2D eigenvalue weighted by Gasteiger charge is -2.27. The van der Waals surface area contributed by atoms with Gasteiger partial charge in [0, 0.05) is 19.7 Å². The highest BCUT2D eigenvalue weighted by Crippen LogP contribution is 2.07. The Balaban J connectivity index is 1.67. The van der Waals surface area contributed by atoms with Gasteiger partial charge in [-0.3, -0.25) is 0 Å². The highest BCUT2D eigenvalue weighted by atomic mass is 16.5. The molecular weight excluding hydrogens is 174 g/mol. The zero-order chi connectivity index (χ0) is 10.1. The molecule has 84 valence electrons. The van der Waals surface area contributed by atoms with Gasteiger partial charge in [-0.05, 0) is 6.42 Å². The van der Waals surface area contributed by atoms with E-state index in [-0.39, 0.29) is 0 Å². The Kier molecular flexibility index (Phi) is 7.06. The molecule has 0 amide bonds. The number of unbranched alkanes of at least 4 members (excludes halogenated alkanes) is 6. The first kappa shape index (κ1) is 12.0. The van der Waals surface area contributed by atoms with Gasteiger partial charge in [0.1, 0.15) is 0 Å². The summed E-state index contributed by atoms with van der Waals surface area (Å²) in [5.74, 6) is 0. The normalized spacial score (nSPS) is 16.9. The van der Waals surface area contributed by atoms with Crippen molar-refractivity contribution in [2.24, 2.45) is 0 Å². The van der Waals surface area contributed by atoms with Crippen molar-refractivity contribution in [2.75, 3.05) is 19.7 Å². The number of hydrogen-bond donors (Lipinski definition) is 1. The summed E-state index contributed by atoms with van der Waals surface area (Å²) in [4.78, 5) is 0. The SMILES string of the molecule is CCCCCCCCCOC1CNC1. The summed E-state index contributed by atoms with van der Waals surface area (Å²) in [5.41, 5.74) is 0. The van der Waals surface area contributed by atoms with Crippen LogP contribution in [0.15, 0.2) is 0 Å². The Morgan fingerprint density at radius 1 is 1.00 bits per heavy atom. The highest BCUT2D eigenvalue weighted by Gasteiger charge is 2.15. The maximum atomic E-state index is 5.64. The minimum absolute atomic E-state index is 0.523. The largest absolute Gasteiger partial charge is 0.376 e. The molecule has 0 aromatic rings. The van der Waals surface area contributed by atoms with Gasteiger partial charge in [0.2, 0.25) is 0 Å². The molecule has 0 aliphatic carbocycles. The van der Waals surface area contributed by atoms with Gasteiger partial charge in [-0.2, -0.15) is 0 Å². The second kappa shape index (κ2) is 8.25. The standard InChI is InChI=1S/C12H25NO/c1-2-3-4-5-6-7-8-9-14-12-10-13-11-12/h12-13H,2-11H2,1H3. The molecule has 0 saturated carbocycles. The molecule has 1 rings (SSSR count). The highest BCUT2D eigenvalue weighted by molar-refractivity contribution is 4.74. The van der Waals surface area contributed by atoms with Crippen LogP contribution in [0.1, 0.15) is 51.9 Å². The monoisotopic (exact) mass is 199 g/mol. The van der Waals surface area contributed by atoms with Gasteiger partial charge in [-0.25, -0.2) is 0 Å². The van der Waals surface area contributed by atoms with Crippen molar-refractivity contribution in [1.29, 1.82) is 0 Å². The van der Waals surface area contributed by atoms with Gasteiger partial charge < -0.3 is 10.1 Å². The second-order valence-corrected chi connectivity index (χ2v) is 4.27. The third-order valence-corrected chi connectivity index (χ3v) is 2.85. The van der Waals surface area contributed by atoms with Gasteiger partial charge in [0.15, 0.2) is 0 Å². The molecule has 1 fully saturated rings. The van der Waals surface area contributed by atoms with Crippen molar-refractivity contribution in [3.63, 3.8) is 0 Å². The third kappa shape index (κ3) is 5.61. The van der Waals surface area contributed by atoms with Crippen molar-refractivity contribution in [3.8, 4) is 0 Å². The molecule has 2 heteroatoms. The molecular formula is C12H25NO. The molecule has 0 radical (unpaired) electrons. The van der Waals surface area contributed by atoms with E-state index in [4.69, 9.17) is 4.74 Å². The van der Waals surface area contributed by atoms with Crippen LogP contribution in [0.3, 0.4) is 0 Å². The Hall–Kier alpha value is -0.0800. The van der Waals surface area contributed by atoms with Crippen molar-refractivity contribution < 1.29 is 4.74 Å². The fraction of sp³-hybridized carbons (Fsp3) is 1.00. The number of rotatable bonds is 9. The van der Waals surface area contributed by atoms with E-state index in [0.717, 1.165) is 19.7 Å². The average Bonchev–Trinajstić information content (AvgIpc) is 2.13. The summed E-state index contributed by atoms with van der Waals surface area (Å²) in [6.45, 7) is 5.37. The van der Waals surface area contributed by atoms with Gasteiger partial charge in [-0.15, -0.1) is 0 Å². The lowest BCUT2D eigenvalue weighted by Crippen LogP contribution is -2.48. The van der Waals surface area contributed by atoms with E-state index in [0.29, 0.717) is 6.10 Å². The molecule has 0 aromatic carbocycles. The summed E-state index contributed by atoms with van der Waals surface area (Å²) < 4.78 is 5.64. The van der Waals surface area contributed by atoms with Crippen LogP contribution >= 0.6 is 0 Å². The van der Waals surface area contributed by atoms with Crippen molar-refractivity contribution in [1.82, 2.24) is 5.32 Å². The first-order valence-electron chi connectivity index (χ1n) is 6.26. The molecule has 1 N–H and O–H groups in total. The molecule has 0 aromatic heterocycles. The summed E-state index contributed by atoms with van der Waals surface area (Å²) in [6.07, 6.45) is 10.1. The van der Waals surface area contributed by atoms with E-state index < -0.39 is 0 Å². The lowest BCUT2D eigenvalue weighted by atomic mass is 10.1. The van der Waals surface area contributed by atoms with Crippen LogP contribution in [0.2, 0.25) is 0 Å². The van der Waals surface area contributed by atoms with E-state index in [1.165, 1.54) is 44.9 Å². The molecule has 1 aliphatic heterocycles. The minimum atomic E-state index is 0.523. The minimum Gasteiger partial charge on any atom is -0.376 e. The van der Waals surface area contributed by atoms with Crippen molar-refractivity contribution >= 4 is 0 Å². The Bertz CT molecular complexity index is 123. The summed E-state index contributed by atoms with van der Waals surface area (Å²) in [5, 5.41) is 3.21. The molecule has 0 spiro atoms. The number of ether oxygens (including phenoxy) is 1. The van der Waals surface area contributed by atoms with Crippen molar-refractivity contribution in [2.45, 2.75) is 58.0 Å². The molecule has 1 aliphatic rings.